The smallest absolute Gasteiger partial charge is 0.226 e. The molecule has 270 valence electrons. The first kappa shape index (κ1) is 34.7. The number of H-pyrrole nitrogens is 1. The van der Waals surface area contributed by atoms with Gasteiger partial charge >= 0.3 is 0 Å². The van der Waals surface area contributed by atoms with Crippen molar-refractivity contribution in [1.82, 2.24) is 14.9 Å². The number of rotatable bonds is 12. The van der Waals surface area contributed by atoms with Crippen molar-refractivity contribution < 1.29 is 49.3 Å². The zero-order valence-corrected chi connectivity index (χ0v) is 28.1. The predicted octanol–water partition coefficient (Wildman–Crippen LogP) is 1.91. The molecule has 2 fully saturated rings. The lowest BCUT2D eigenvalue weighted by Crippen LogP contribution is -2.52. The maximum Gasteiger partial charge on any atom is 0.226 e. The van der Waals surface area contributed by atoms with Crippen LogP contribution in [0.25, 0.3) is 27.6 Å². The zero-order valence-electron chi connectivity index (χ0n) is 28.1. The Bertz CT molecular complexity index is 1900. The Kier molecular flexibility index (Phi) is 9.30. The van der Waals surface area contributed by atoms with Crippen LogP contribution in [0, 0.1) is 18.3 Å². The third-order valence-corrected chi connectivity index (χ3v) is 11.2. The molecule has 50 heavy (non-hydrogen) atoms. The quantitative estimate of drug-likeness (QED) is 0.0841. The van der Waals surface area contributed by atoms with Crippen LogP contribution in [-0.4, -0.2) is 96.9 Å². The van der Waals surface area contributed by atoms with Gasteiger partial charge in [0.05, 0.1) is 22.9 Å². The second-order valence-corrected chi connectivity index (χ2v) is 14.4. The van der Waals surface area contributed by atoms with Crippen LogP contribution in [0.2, 0.25) is 0 Å². The largest absolute Gasteiger partial charge is 0.482 e. The van der Waals surface area contributed by atoms with E-state index in [1.54, 1.807) is 13.0 Å². The molecule has 0 bridgehead atoms. The summed E-state index contributed by atoms with van der Waals surface area (Å²) in [6, 6.07) is 5.12. The lowest BCUT2D eigenvalue weighted by molar-refractivity contribution is -0.360. The van der Waals surface area contributed by atoms with Gasteiger partial charge in [-0.15, -0.1) is 0 Å². The van der Waals surface area contributed by atoms with Crippen LogP contribution in [0.15, 0.2) is 46.0 Å². The maximum atomic E-state index is 13.3. The number of hydrogen-bond acceptors (Lipinski definition) is 11. The number of aliphatic hydroxyl groups excluding tert-OH is 5. The number of hydrogen-bond donors (Lipinski definition) is 7. The van der Waals surface area contributed by atoms with Crippen molar-refractivity contribution in [1.29, 1.82) is 0 Å². The second kappa shape index (κ2) is 13.4. The van der Waals surface area contributed by atoms with E-state index in [0.29, 0.717) is 53.1 Å². The highest BCUT2D eigenvalue weighted by Crippen LogP contribution is 2.51. The highest BCUT2D eigenvalue weighted by Gasteiger charge is 2.53. The van der Waals surface area contributed by atoms with Gasteiger partial charge in [-0.25, -0.2) is 9.78 Å². The van der Waals surface area contributed by atoms with Gasteiger partial charge in [-0.05, 0) is 57.6 Å². The number of aromatic nitrogens is 2. The van der Waals surface area contributed by atoms with Crippen molar-refractivity contribution in [3.63, 3.8) is 0 Å². The van der Waals surface area contributed by atoms with Crippen molar-refractivity contribution >= 4 is 27.8 Å². The molecule has 3 aromatic heterocycles. The molecule has 1 saturated carbocycles. The van der Waals surface area contributed by atoms with Gasteiger partial charge in [0.1, 0.15) is 54.2 Å². The maximum absolute atomic E-state index is 13.3. The third-order valence-electron chi connectivity index (χ3n) is 11.2. The molecule has 1 aliphatic carbocycles. The highest BCUT2D eigenvalue weighted by molar-refractivity contribution is 5.91. The topological polar surface area (TPSA) is 209 Å². The van der Waals surface area contributed by atoms with E-state index in [2.05, 4.69) is 10.3 Å². The standard InChI is InChI=1S/C36H45N3O11/c1-19-11-25(41)23-12-21-13-28(50-47-18-27(43)31(45)30(44)26(42)17-40)35(2,9-5-22-14-38-34(46)36(22)7-3-4-8-36)49-32(21)29(33(23)48-19)39-15-20-6-10-37-24(20)16-39/h6,10-12,15-16,22,26-28,30-31,37,40,42-45H,3-5,7-9,13-14,17-18H2,1-2H3,(H,38,46). The van der Waals surface area contributed by atoms with E-state index >= 15 is 0 Å². The lowest BCUT2D eigenvalue weighted by atomic mass is 9.72. The van der Waals surface area contributed by atoms with Gasteiger partial charge < -0.3 is 49.6 Å². The van der Waals surface area contributed by atoms with Crippen molar-refractivity contribution in [3.8, 4) is 11.4 Å². The Morgan fingerprint density at radius 1 is 1.08 bits per heavy atom. The molecule has 2 aliphatic heterocycles. The molecule has 7 atom stereocenters. The molecule has 7 unspecified atom stereocenters. The molecule has 1 amide bonds. The summed E-state index contributed by atoms with van der Waals surface area (Å²) in [5, 5.41) is 54.1. The Labute approximate surface area is 287 Å². The van der Waals surface area contributed by atoms with E-state index in [1.807, 2.05) is 36.1 Å². The Morgan fingerprint density at radius 2 is 1.84 bits per heavy atom. The van der Waals surface area contributed by atoms with Crippen LogP contribution in [0.3, 0.4) is 0 Å². The van der Waals surface area contributed by atoms with E-state index in [-0.39, 0.29) is 23.7 Å². The van der Waals surface area contributed by atoms with Gasteiger partial charge in [0.25, 0.3) is 0 Å². The first-order valence-electron chi connectivity index (χ1n) is 17.3. The number of ether oxygens (including phenoxy) is 1. The molecule has 0 radical (unpaired) electrons. The molecule has 7 N–H and O–H groups in total. The summed E-state index contributed by atoms with van der Waals surface area (Å²) in [6.07, 6.45) is 3.02. The summed E-state index contributed by atoms with van der Waals surface area (Å²) in [4.78, 5) is 41.0. The van der Waals surface area contributed by atoms with Crippen molar-refractivity contribution in [3.05, 3.63) is 58.3 Å². The van der Waals surface area contributed by atoms with Gasteiger partial charge in [-0.3, -0.25) is 9.59 Å². The third kappa shape index (κ3) is 6.02. The van der Waals surface area contributed by atoms with Crippen LogP contribution in [-0.2, 0) is 21.0 Å². The average molecular weight is 696 g/mol. The van der Waals surface area contributed by atoms with Crippen molar-refractivity contribution in [2.45, 2.75) is 94.9 Å². The number of amides is 1. The lowest BCUT2D eigenvalue weighted by Gasteiger charge is -2.43. The first-order chi connectivity index (χ1) is 23.9. The number of benzene rings is 1. The summed E-state index contributed by atoms with van der Waals surface area (Å²) >= 11 is 0. The van der Waals surface area contributed by atoms with Gasteiger partial charge in [-0.2, -0.15) is 0 Å². The average Bonchev–Trinajstić information content (AvgIpc) is 3.89. The summed E-state index contributed by atoms with van der Waals surface area (Å²) < 4.78 is 15.1. The van der Waals surface area contributed by atoms with Crippen LogP contribution >= 0.6 is 0 Å². The normalized spacial score (nSPS) is 25.5. The van der Waals surface area contributed by atoms with E-state index in [9.17, 15) is 30.0 Å². The van der Waals surface area contributed by atoms with Gasteiger partial charge in [0, 0.05) is 48.6 Å². The Morgan fingerprint density at radius 3 is 2.58 bits per heavy atom. The first-order valence-corrected chi connectivity index (χ1v) is 17.3. The van der Waals surface area contributed by atoms with Crippen LogP contribution in [0.5, 0.6) is 5.75 Å². The minimum Gasteiger partial charge on any atom is -0.482 e. The number of carbonyl (C=O) groups excluding carboxylic acids is 1. The molecular formula is C36H45N3O11. The Balaban J connectivity index is 1.24. The molecule has 1 saturated heterocycles. The monoisotopic (exact) mass is 695 g/mol. The summed E-state index contributed by atoms with van der Waals surface area (Å²) in [6.45, 7) is 2.83. The predicted molar refractivity (Wildman–Crippen MR) is 180 cm³/mol. The van der Waals surface area contributed by atoms with Crippen molar-refractivity contribution in [2.75, 3.05) is 19.8 Å². The van der Waals surface area contributed by atoms with E-state index in [4.69, 9.17) is 24.0 Å². The fourth-order valence-corrected chi connectivity index (χ4v) is 8.17. The Hall–Kier alpha value is -3.76. The van der Waals surface area contributed by atoms with E-state index in [0.717, 1.165) is 36.6 Å². The number of nitrogens with zero attached hydrogens (tertiary/aromatic N) is 1. The molecular weight excluding hydrogens is 650 g/mol. The number of aryl methyl sites for hydroxylation is 1. The number of aliphatic hydroxyl groups is 5. The molecule has 7 rings (SSSR count). The summed E-state index contributed by atoms with van der Waals surface area (Å²) in [7, 11) is 0. The van der Waals surface area contributed by atoms with Crippen LogP contribution in [0.1, 0.15) is 56.8 Å². The van der Waals surface area contributed by atoms with E-state index in [1.165, 1.54) is 6.07 Å². The van der Waals surface area contributed by atoms with Crippen molar-refractivity contribution in [2.24, 2.45) is 11.3 Å². The van der Waals surface area contributed by atoms with Gasteiger partial charge in [0.15, 0.2) is 16.8 Å². The summed E-state index contributed by atoms with van der Waals surface area (Å²) in [5.41, 5.74) is 0.831. The fourth-order valence-electron chi connectivity index (χ4n) is 8.17. The SMILES string of the molecule is Cc1cc(=O)c2cc3c(c(-n4cc5cc[nH]c5c4)c2o1)OC(C)(CCC1CNC(=O)C12CCCC2)C(OOCC(O)C(O)C(O)C(O)CO)C3. The number of nitrogens with one attached hydrogen (secondary N) is 2. The molecule has 1 spiro atoms. The van der Waals surface area contributed by atoms with Crippen LogP contribution in [0.4, 0.5) is 0 Å². The molecule has 5 heterocycles. The molecule has 4 aromatic rings. The summed E-state index contributed by atoms with van der Waals surface area (Å²) in [5.74, 6) is 1.17. The minimum atomic E-state index is -1.82. The number of carbonyl (C=O) groups is 1. The van der Waals surface area contributed by atoms with E-state index < -0.39 is 54.7 Å². The molecule has 1 aromatic carbocycles. The zero-order chi connectivity index (χ0) is 35.4. The van der Waals surface area contributed by atoms with Gasteiger partial charge in [-0.1, -0.05) is 12.8 Å². The molecule has 14 heteroatoms. The van der Waals surface area contributed by atoms with Gasteiger partial charge in [0.2, 0.25) is 5.91 Å². The minimum absolute atomic E-state index is 0.0966. The second-order valence-electron chi connectivity index (χ2n) is 14.4. The molecule has 3 aliphatic rings. The fraction of sp³-hybridized carbons (Fsp3) is 0.556. The molecule has 14 nitrogen and oxygen atoms in total. The number of fused-ring (bicyclic) bond motifs is 3. The van der Waals surface area contributed by atoms with Crippen LogP contribution < -0.4 is 15.5 Å². The number of aromatic amines is 1. The highest BCUT2D eigenvalue weighted by atomic mass is 17.2.